The first kappa shape index (κ1) is 21.2. The van der Waals surface area contributed by atoms with Crippen molar-refractivity contribution in [1.82, 2.24) is 0 Å². The summed E-state index contributed by atoms with van der Waals surface area (Å²) in [5.74, 6) is 0.273. The fraction of sp³-hybridized carbons (Fsp3) is 0.875. The predicted molar refractivity (Wildman–Crippen MR) is 81.6 cm³/mol. The summed E-state index contributed by atoms with van der Waals surface area (Å²) in [7, 11) is 0. The van der Waals surface area contributed by atoms with E-state index < -0.39 is 5.97 Å². The summed E-state index contributed by atoms with van der Waals surface area (Å²) in [6.45, 7) is 12.6. The van der Waals surface area contributed by atoms with E-state index in [1.807, 2.05) is 0 Å². The van der Waals surface area contributed by atoms with Crippen LogP contribution in [0.1, 0.15) is 67.2 Å². The Balaban J connectivity index is 0. The maximum absolute atomic E-state index is 10.6. The zero-order valence-electron chi connectivity index (χ0n) is 13.9. The van der Waals surface area contributed by atoms with Crippen molar-refractivity contribution in [3.8, 4) is 0 Å². The standard InChI is InChI=1S/2C8H16O2/c1-6(2)4-5-7(3)8(9)10;1-4-8(9)10-6-5-7(2)3/h6-7H,4-5H2,1-3H3,(H,9,10);7H,4-6H2,1-3H3. The Labute approximate surface area is 123 Å². The largest absolute Gasteiger partial charge is 0.481 e. The molecule has 20 heavy (non-hydrogen) atoms. The van der Waals surface area contributed by atoms with Crippen molar-refractivity contribution in [1.29, 1.82) is 0 Å². The lowest BCUT2D eigenvalue weighted by Gasteiger charge is -2.07. The van der Waals surface area contributed by atoms with E-state index in [0.717, 1.165) is 19.3 Å². The Bertz CT molecular complexity index is 257. The lowest BCUT2D eigenvalue weighted by molar-refractivity contribution is -0.143. The molecular formula is C16H32O4. The van der Waals surface area contributed by atoms with E-state index >= 15 is 0 Å². The summed E-state index contributed by atoms with van der Waals surface area (Å²) in [6, 6.07) is 0. The molecular weight excluding hydrogens is 256 g/mol. The van der Waals surface area contributed by atoms with E-state index in [0.29, 0.717) is 24.9 Å². The molecule has 0 radical (unpaired) electrons. The molecule has 0 aromatic heterocycles. The minimum Gasteiger partial charge on any atom is -0.481 e. The molecule has 120 valence electrons. The molecule has 0 aromatic rings. The third-order valence-corrected chi connectivity index (χ3v) is 2.85. The monoisotopic (exact) mass is 288 g/mol. The molecule has 0 amide bonds. The van der Waals surface area contributed by atoms with Gasteiger partial charge in [-0.15, -0.1) is 0 Å². The van der Waals surface area contributed by atoms with Gasteiger partial charge in [-0.1, -0.05) is 48.0 Å². The Morgan fingerprint density at radius 3 is 1.80 bits per heavy atom. The van der Waals surface area contributed by atoms with Crippen LogP contribution in [-0.4, -0.2) is 23.7 Å². The maximum atomic E-state index is 10.6. The average molecular weight is 288 g/mol. The highest BCUT2D eigenvalue weighted by Gasteiger charge is 2.10. The minimum absolute atomic E-state index is 0.0966. The van der Waals surface area contributed by atoms with E-state index in [1.54, 1.807) is 13.8 Å². The molecule has 0 bridgehead atoms. The fourth-order valence-corrected chi connectivity index (χ4v) is 1.22. The van der Waals surface area contributed by atoms with Gasteiger partial charge >= 0.3 is 11.9 Å². The van der Waals surface area contributed by atoms with Gasteiger partial charge in [0.05, 0.1) is 12.5 Å². The summed E-state index contributed by atoms with van der Waals surface area (Å²) < 4.78 is 4.86. The zero-order chi connectivity index (χ0) is 16.1. The van der Waals surface area contributed by atoms with Crippen molar-refractivity contribution in [3.63, 3.8) is 0 Å². The highest BCUT2D eigenvalue weighted by molar-refractivity contribution is 5.69. The molecule has 0 saturated carbocycles. The predicted octanol–water partition coefficient (Wildman–Crippen LogP) is 4.13. The minimum atomic E-state index is -0.680. The van der Waals surface area contributed by atoms with Crippen LogP contribution in [0.3, 0.4) is 0 Å². The number of carboxylic acid groups (broad SMARTS) is 1. The van der Waals surface area contributed by atoms with Crippen LogP contribution in [0.5, 0.6) is 0 Å². The number of ether oxygens (including phenoxy) is 1. The molecule has 0 spiro atoms. The van der Waals surface area contributed by atoms with Gasteiger partial charge in [0.1, 0.15) is 0 Å². The SMILES string of the molecule is CC(C)CCC(C)C(=O)O.CCC(=O)OCCC(C)C. The lowest BCUT2D eigenvalue weighted by Crippen LogP contribution is -2.09. The molecule has 0 rings (SSSR count). The highest BCUT2D eigenvalue weighted by atomic mass is 16.5. The third kappa shape index (κ3) is 16.9. The van der Waals surface area contributed by atoms with Crippen LogP contribution in [0.15, 0.2) is 0 Å². The number of carbonyl (C=O) groups is 2. The fourth-order valence-electron chi connectivity index (χ4n) is 1.22. The van der Waals surface area contributed by atoms with E-state index in [-0.39, 0.29) is 11.9 Å². The first-order chi connectivity index (χ1) is 9.20. The average Bonchev–Trinajstić information content (AvgIpc) is 2.35. The summed E-state index contributed by atoms with van der Waals surface area (Å²) in [6.07, 6.45) is 3.25. The van der Waals surface area contributed by atoms with Crippen molar-refractivity contribution >= 4 is 11.9 Å². The zero-order valence-corrected chi connectivity index (χ0v) is 13.9. The highest BCUT2D eigenvalue weighted by Crippen LogP contribution is 2.11. The summed E-state index contributed by atoms with van der Waals surface area (Å²) in [4.78, 5) is 20.9. The summed E-state index contributed by atoms with van der Waals surface area (Å²) in [5.41, 5.74) is 0. The topological polar surface area (TPSA) is 63.6 Å². The first-order valence-corrected chi connectivity index (χ1v) is 7.59. The van der Waals surface area contributed by atoms with Crippen LogP contribution < -0.4 is 0 Å². The van der Waals surface area contributed by atoms with Crippen LogP contribution in [0, 0.1) is 17.8 Å². The number of esters is 1. The van der Waals surface area contributed by atoms with Gasteiger partial charge in [-0.25, -0.2) is 0 Å². The summed E-state index contributed by atoms with van der Waals surface area (Å²) >= 11 is 0. The second-order valence-electron chi connectivity index (χ2n) is 5.97. The second-order valence-corrected chi connectivity index (χ2v) is 5.97. The molecule has 4 heteroatoms. The Kier molecular flexibility index (Phi) is 13.8. The van der Waals surface area contributed by atoms with Gasteiger partial charge in [0.2, 0.25) is 0 Å². The molecule has 0 aliphatic rings. The van der Waals surface area contributed by atoms with Gasteiger partial charge in [0.15, 0.2) is 0 Å². The molecule has 0 aromatic carbocycles. The van der Waals surface area contributed by atoms with Crippen LogP contribution >= 0.6 is 0 Å². The molecule has 0 aliphatic carbocycles. The van der Waals surface area contributed by atoms with Crippen molar-refractivity contribution in [3.05, 3.63) is 0 Å². The van der Waals surface area contributed by atoms with Gasteiger partial charge in [-0.05, 0) is 24.7 Å². The molecule has 1 unspecified atom stereocenters. The van der Waals surface area contributed by atoms with Gasteiger partial charge in [-0.3, -0.25) is 9.59 Å². The molecule has 4 nitrogen and oxygen atoms in total. The number of carboxylic acids is 1. The maximum Gasteiger partial charge on any atom is 0.306 e. The normalized spacial score (nSPS) is 11.8. The lowest BCUT2D eigenvalue weighted by atomic mass is 10.00. The number of hydrogen-bond acceptors (Lipinski definition) is 3. The Hall–Kier alpha value is -1.06. The van der Waals surface area contributed by atoms with Gasteiger partial charge in [-0.2, -0.15) is 0 Å². The van der Waals surface area contributed by atoms with Crippen molar-refractivity contribution < 1.29 is 19.4 Å². The molecule has 1 N–H and O–H groups in total. The molecule has 0 aliphatic heterocycles. The van der Waals surface area contributed by atoms with Crippen molar-refractivity contribution in [2.75, 3.05) is 6.61 Å². The van der Waals surface area contributed by atoms with Crippen LogP contribution in [0.25, 0.3) is 0 Å². The second kappa shape index (κ2) is 12.9. The third-order valence-electron chi connectivity index (χ3n) is 2.85. The Morgan fingerprint density at radius 2 is 1.45 bits per heavy atom. The molecule has 0 heterocycles. The first-order valence-electron chi connectivity index (χ1n) is 7.59. The van der Waals surface area contributed by atoms with Crippen molar-refractivity contribution in [2.24, 2.45) is 17.8 Å². The van der Waals surface area contributed by atoms with Crippen LogP contribution in [0.2, 0.25) is 0 Å². The molecule has 0 fully saturated rings. The van der Waals surface area contributed by atoms with E-state index in [4.69, 9.17) is 9.84 Å². The number of hydrogen-bond donors (Lipinski definition) is 1. The van der Waals surface area contributed by atoms with Gasteiger partial charge in [0, 0.05) is 6.42 Å². The van der Waals surface area contributed by atoms with E-state index in [9.17, 15) is 9.59 Å². The number of rotatable bonds is 8. The molecule has 0 saturated heterocycles. The summed E-state index contributed by atoms with van der Waals surface area (Å²) in [5, 5.41) is 8.49. The van der Waals surface area contributed by atoms with E-state index in [2.05, 4.69) is 27.7 Å². The van der Waals surface area contributed by atoms with Crippen LogP contribution in [-0.2, 0) is 14.3 Å². The van der Waals surface area contributed by atoms with Crippen molar-refractivity contribution in [2.45, 2.75) is 67.2 Å². The van der Waals surface area contributed by atoms with E-state index in [1.165, 1.54) is 0 Å². The smallest absolute Gasteiger partial charge is 0.306 e. The Morgan fingerprint density at radius 1 is 0.950 bits per heavy atom. The molecule has 1 atom stereocenters. The van der Waals surface area contributed by atoms with Crippen LogP contribution in [0.4, 0.5) is 0 Å². The quantitative estimate of drug-likeness (QED) is 0.682. The van der Waals surface area contributed by atoms with Gasteiger partial charge in [0.25, 0.3) is 0 Å². The number of aliphatic carboxylic acids is 1. The number of carbonyl (C=O) groups excluding carboxylic acids is 1. The van der Waals surface area contributed by atoms with Gasteiger partial charge < -0.3 is 9.84 Å².